The summed E-state index contributed by atoms with van der Waals surface area (Å²) in [6.07, 6.45) is -1.84. The number of nitrogens with zero attached hydrogens (tertiary/aromatic N) is 5. The van der Waals surface area contributed by atoms with Gasteiger partial charge in [0.05, 0.1) is 11.3 Å². The number of alkyl halides is 3. The van der Waals surface area contributed by atoms with Crippen LogP contribution in [0.5, 0.6) is 0 Å². The van der Waals surface area contributed by atoms with Crippen LogP contribution in [0.2, 0.25) is 0 Å². The molecular formula is C31H30F3N5O4. The number of halogens is 3. The fraction of sp³-hybridized carbons (Fsp3) is 0.387. The van der Waals surface area contributed by atoms with E-state index >= 15 is 0 Å². The van der Waals surface area contributed by atoms with Crippen LogP contribution in [0.3, 0.4) is 0 Å². The van der Waals surface area contributed by atoms with Gasteiger partial charge in [-0.15, -0.1) is 0 Å². The first kappa shape index (κ1) is 27.5. The Balaban J connectivity index is 1.31. The van der Waals surface area contributed by atoms with Gasteiger partial charge in [0.15, 0.2) is 11.0 Å². The maximum Gasteiger partial charge on any atom is 0.418 e. The van der Waals surface area contributed by atoms with Crippen molar-refractivity contribution in [2.24, 2.45) is 11.8 Å². The number of likely N-dealkylation sites (tertiary alicyclic amines) is 1. The number of rotatable bonds is 5. The summed E-state index contributed by atoms with van der Waals surface area (Å²) in [5.41, 5.74) is -0.273. The predicted octanol–water partition coefficient (Wildman–Crippen LogP) is 4.96. The molecule has 3 aliphatic rings. The molecule has 3 aliphatic heterocycles. The number of aromatic nitrogens is 2. The van der Waals surface area contributed by atoms with Gasteiger partial charge in [-0.1, -0.05) is 6.07 Å². The number of anilines is 2. The zero-order valence-electron chi connectivity index (χ0n) is 23.5. The van der Waals surface area contributed by atoms with Gasteiger partial charge in [-0.3, -0.25) is 4.79 Å². The van der Waals surface area contributed by atoms with Gasteiger partial charge in [-0.25, -0.2) is 4.79 Å². The number of aromatic carboxylic acids is 1. The average Bonchev–Trinajstić information content (AvgIpc) is 3.75. The molecule has 0 spiro atoms. The molecule has 5 heterocycles. The third kappa shape index (κ3) is 4.93. The number of oxazole rings is 1. The van der Waals surface area contributed by atoms with E-state index in [1.54, 1.807) is 29.2 Å². The SMILES string of the molecule is CN1CC2CN(c3nc4ccc(-n5cc(C(=O)O)c(=O)cc5-c5ccc(N6CCCC6)c(C(F)(F)F)c5)cc4o3)CC2C1. The van der Waals surface area contributed by atoms with E-state index in [0.717, 1.165) is 57.4 Å². The van der Waals surface area contributed by atoms with Crippen LogP contribution < -0.4 is 15.2 Å². The highest BCUT2D eigenvalue weighted by Gasteiger charge is 2.40. The zero-order chi connectivity index (χ0) is 30.0. The van der Waals surface area contributed by atoms with Gasteiger partial charge in [0.25, 0.3) is 6.01 Å². The molecule has 9 nitrogen and oxygen atoms in total. The topological polar surface area (TPSA) is 95.1 Å². The highest BCUT2D eigenvalue weighted by molar-refractivity contribution is 5.88. The molecule has 2 aromatic carbocycles. The summed E-state index contributed by atoms with van der Waals surface area (Å²) in [6, 6.07) is 10.7. The molecule has 224 valence electrons. The normalized spacial score (nSPS) is 20.8. The molecule has 0 bridgehead atoms. The largest absolute Gasteiger partial charge is 0.477 e. The van der Waals surface area contributed by atoms with Gasteiger partial charge in [-0.05, 0) is 61.6 Å². The molecule has 0 radical (unpaired) electrons. The molecule has 0 amide bonds. The number of carboxylic acids is 1. The fourth-order valence-electron chi connectivity index (χ4n) is 6.86. The lowest BCUT2D eigenvalue weighted by atomic mass is 10.0. The van der Waals surface area contributed by atoms with Crippen LogP contribution in [0, 0.1) is 11.8 Å². The lowest BCUT2D eigenvalue weighted by molar-refractivity contribution is -0.137. The summed E-state index contributed by atoms with van der Waals surface area (Å²) in [6.45, 7) is 4.82. The van der Waals surface area contributed by atoms with Crippen molar-refractivity contribution >= 4 is 28.8 Å². The molecule has 4 aromatic rings. The summed E-state index contributed by atoms with van der Waals surface area (Å²) in [5.74, 6) is -0.335. The van der Waals surface area contributed by atoms with Gasteiger partial charge in [0, 0.05) is 69.0 Å². The van der Waals surface area contributed by atoms with E-state index < -0.39 is 28.7 Å². The summed E-state index contributed by atoms with van der Waals surface area (Å²) in [4.78, 5) is 35.5. The summed E-state index contributed by atoms with van der Waals surface area (Å²) < 4.78 is 50.4. The Morgan fingerprint density at radius 1 is 0.977 bits per heavy atom. The Morgan fingerprint density at radius 2 is 1.70 bits per heavy atom. The summed E-state index contributed by atoms with van der Waals surface area (Å²) >= 11 is 0. The monoisotopic (exact) mass is 593 g/mol. The van der Waals surface area contributed by atoms with E-state index in [0.29, 0.717) is 47.7 Å². The van der Waals surface area contributed by atoms with Crippen molar-refractivity contribution in [3.8, 4) is 16.9 Å². The van der Waals surface area contributed by atoms with E-state index in [2.05, 4.69) is 21.8 Å². The second-order valence-electron chi connectivity index (χ2n) is 11.8. The van der Waals surface area contributed by atoms with Crippen molar-refractivity contribution in [2.75, 3.05) is 56.1 Å². The molecule has 7 rings (SSSR count). The second-order valence-corrected chi connectivity index (χ2v) is 11.8. The molecule has 0 aliphatic carbocycles. The van der Waals surface area contributed by atoms with Crippen LogP contribution in [0.4, 0.5) is 24.9 Å². The average molecular weight is 594 g/mol. The Kier molecular flexibility index (Phi) is 6.49. The number of carboxylic acid groups (broad SMARTS) is 1. The zero-order valence-corrected chi connectivity index (χ0v) is 23.5. The van der Waals surface area contributed by atoms with Crippen LogP contribution in [0.1, 0.15) is 28.8 Å². The van der Waals surface area contributed by atoms with Gasteiger partial charge < -0.3 is 28.8 Å². The molecule has 0 saturated carbocycles. The number of benzene rings is 2. The highest BCUT2D eigenvalue weighted by atomic mass is 19.4. The van der Waals surface area contributed by atoms with Gasteiger partial charge >= 0.3 is 12.1 Å². The van der Waals surface area contributed by atoms with E-state index in [-0.39, 0.29) is 16.9 Å². The fourth-order valence-corrected chi connectivity index (χ4v) is 6.86. The van der Waals surface area contributed by atoms with Crippen LogP contribution in [-0.2, 0) is 6.18 Å². The van der Waals surface area contributed by atoms with E-state index in [4.69, 9.17) is 4.42 Å². The Bertz CT molecular complexity index is 1780. The molecule has 1 N–H and O–H groups in total. The maximum atomic E-state index is 14.3. The van der Waals surface area contributed by atoms with Gasteiger partial charge in [0.2, 0.25) is 0 Å². The standard InChI is InChI=1S/C31H30F3N5O4/c1-36-13-19-15-38(16-20(19)14-36)30-35-24-6-5-21(11-28(24)43-30)39-17-22(29(41)42)27(40)12-26(39)18-4-7-25(37-8-2-3-9-37)23(10-18)31(32,33)34/h4-7,10-12,17,19-20H,2-3,8-9,13-16H2,1H3,(H,41,42). The van der Waals surface area contributed by atoms with Crippen molar-refractivity contribution < 1.29 is 27.5 Å². The van der Waals surface area contributed by atoms with Crippen molar-refractivity contribution in [3.63, 3.8) is 0 Å². The van der Waals surface area contributed by atoms with E-state index in [1.807, 2.05) is 0 Å². The lowest BCUT2D eigenvalue weighted by Gasteiger charge is -2.24. The van der Waals surface area contributed by atoms with Crippen molar-refractivity contribution in [1.29, 1.82) is 0 Å². The van der Waals surface area contributed by atoms with E-state index in [1.165, 1.54) is 10.6 Å². The minimum absolute atomic E-state index is 0.0955. The third-order valence-electron chi connectivity index (χ3n) is 8.90. The molecule has 3 saturated heterocycles. The smallest absolute Gasteiger partial charge is 0.418 e. The molecule has 12 heteroatoms. The Labute approximate surface area is 244 Å². The van der Waals surface area contributed by atoms with Crippen molar-refractivity contribution in [1.82, 2.24) is 14.5 Å². The quantitative estimate of drug-likeness (QED) is 0.347. The van der Waals surface area contributed by atoms with Crippen LogP contribution in [0.15, 0.2) is 57.9 Å². The van der Waals surface area contributed by atoms with Crippen molar-refractivity contribution in [2.45, 2.75) is 19.0 Å². The summed E-state index contributed by atoms with van der Waals surface area (Å²) in [5, 5.41) is 9.68. The van der Waals surface area contributed by atoms with Crippen LogP contribution >= 0.6 is 0 Å². The minimum Gasteiger partial charge on any atom is -0.477 e. The number of carbonyl (C=O) groups is 1. The third-order valence-corrected chi connectivity index (χ3v) is 8.90. The number of fused-ring (bicyclic) bond motifs is 2. The molecule has 2 unspecified atom stereocenters. The number of hydrogen-bond donors (Lipinski definition) is 1. The van der Waals surface area contributed by atoms with Crippen LogP contribution in [-0.4, -0.2) is 71.8 Å². The molecule has 43 heavy (non-hydrogen) atoms. The molecular weight excluding hydrogens is 563 g/mol. The lowest BCUT2D eigenvalue weighted by Crippen LogP contribution is -2.26. The molecule has 3 fully saturated rings. The number of pyridine rings is 1. The first-order valence-corrected chi connectivity index (χ1v) is 14.4. The van der Waals surface area contributed by atoms with Crippen molar-refractivity contribution in [3.05, 3.63) is 70.0 Å². The first-order chi connectivity index (χ1) is 20.5. The number of hydrogen-bond acceptors (Lipinski definition) is 7. The Morgan fingerprint density at radius 3 is 2.37 bits per heavy atom. The first-order valence-electron chi connectivity index (χ1n) is 14.4. The molecule has 2 atom stereocenters. The minimum atomic E-state index is -4.63. The predicted molar refractivity (Wildman–Crippen MR) is 155 cm³/mol. The van der Waals surface area contributed by atoms with E-state index in [9.17, 15) is 27.9 Å². The van der Waals surface area contributed by atoms with Gasteiger partial charge in [0.1, 0.15) is 11.1 Å². The Hall–Kier alpha value is -4.32. The van der Waals surface area contributed by atoms with Crippen LogP contribution in [0.25, 0.3) is 28.0 Å². The highest BCUT2D eigenvalue weighted by Crippen LogP contribution is 2.41. The summed E-state index contributed by atoms with van der Waals surface area (Å²) in [7, 11) is 2.12. The second kappa shape index (κ2) is 10.1. The maximum absolute atomic E-state index is 14.3. The molecule has 2 aromatic heterocycles. The van der Waals surface area contributed by atoms with Gasteiger partial charge in [-0.2, -0.15) is 18.2 Å².